The van der Waals surface area contributed by atoms with Crippen LogP contribution in [0.2, 0.25) is 0 Å². The Morgan fingerprint density at radius 3 is 1.60 bits per heavy atom. The molecule has 0 saturated heterocycles. The maximum atomic E-state index is 11.7. The Morgan fingerprint density at radius 2 is 1.09 bits per heavy atom. The zero-order valence-corrected chi connectivity index (χ0v) is 25.6. The van der Waals surface area contributed by atoms with Crippen molar-refractivity contribution >= 4 is 20.9 Å². The van der Waals surface area contributed by atoms with Gasteiger partial charge in [-0.25, -0.2) is 8.42 Å². The Kier molecular flexibility index (Phi) is 17.5. The number of hydrogen-bond acceptors (Lipinski definition) is 3. The molecule has 0 aromatic heterocycles. The molecule has 0 atom stereocenters. The van der Waals surface area contributed by atoms with Crippen molar-refractivity contribution in [1.29, 1.82) is 0 Å². The van der Waals surface area contributed by atoms with Crippen LogP contribution in [0.15, 0.2) is 35.2 Å². The van der Waals surface area contributed by atoms with E-state index in [9.17, 15) is 13.0 Å². The van der Waals surface area contributed by atoms with Crippen LogP contribution >= 0.6 is 0 Å². The maximum absolute atomic E-state index is 11.7. The van der Waals surface area contributed by atoms with Gasteiger partial charge in [0.1, 0.15) is 10.1 Å². The van der Waals surface area contributed by atoms with Crippen LogP contribution in [0.25, 0.3) is 10.8 Å². The first kappa shape index (κ1) is 32.6. The van der Waals surface area contributed by atoms with Crippen LogP contribution in [0.5, 0.6) is 0 Å². The SMILES string of the molecule is CCCCCCCCCCc1ccc2ccc(S(=O)(=O)[O-])cc2c1CCCCCCCCCC.[Na+]. The second-order valence-corrected chi connectivity index (χ2v) is 11.4. The predicted molar refractivity (Wildman–Crippen MR) is 145 cm³/mol. The second kappa shape index (κ2) is 18.8. The van der Waals surface area contributed by atoms with Gasteiger partial charge in [0.25, 0.3) is 0 Å². The molecule has 0 spiro atoms. The van der Waals surface area contributed by atoms with Gasteiger partial charge in [-0.1, -0.05) is 122 Å². The molecule has 0 bridgehead atoms. The third-order valence-corrected chi connectivity index (χ3v) is 7.90. The van der Waals surface area contributed by atoms with E-state index in [1.807, 2.05) is 0 Å². The van der Waals surface area contributed by atoms with Crippen molar-refractivity contribution in [3.63, 3.8) is 0 Å². The van der Waals surface area contributed by atoms with Gasteiger partial charge in [-0.3, -0.25) is 0 Å². The van der Waals surface area contributed by atoms with Crippen LogP contribution in [-0.2, 0) is 23.0 Å². The molecule has 192 valence electrons. The van der Waals surface area contributed by atoms with Crippen molar-refractivity contribution < 1.29 is 42.5 Å². The van der Waals surface area contributed by atoms with E-state index in [1.165, 1.54) is 114 Å². The molecule has 0 radical (unpaired) electrons. The van der Waals surface area contributed by atoms with E-state index < -0.39 is 10.1 Å². The van der Waals surface area contributed by atoms with Gasteiger partial charge in [-0.15, -0.1) is 0 Å². The molecule has 0 fully saturated rings. The van der Waals surface area contributed by atoms with Crippen LogP contribution < -0.4 is 29.6 Å². The molecular weight excluding hydrogens is 463 g/mol. The van der Waals surface area contributed by atoms with Gasteiger partial charge < -0.3 is 4.55 Å². The fourth-order valence-electron chi connectivity index (χ4n) is 4.98. The number of rotatable bonds is 19. The summed E-state index contributed by atoms with van der Waals surface area (Å²) in [7, 11) is -4.45. The van der Waals surface area contributed by atoms with Crippen molar-refractivity contribution in [2.75, 3.05) is 0 Å². The van der Waals surface area contributed by atoms with Gasteiger partial charge in [0.15, 0.2) is 0 Å². The van der Waals surface area contributed by atoms with E-state index >= 15 is 0 Å². The van der Waals surface area contributed by atoms with Gasteiger partial charge in [0, 0.05) is 0 Å². The molecular formula is C30H47NaO3S. The fraction of sp³-hybridized carbons (Fsp3) is 0.667. The standard InChI is InChI=1S/C30H48O3S.Na/c1-3-5-7-9-11-13-15-17-19-26-21-22-27-23-24-28(34(31,32)33)25-30(27)29(26)20-18-16-14-12-10-8-6-4-2;/h21-25H,3-20H2,1-2H3,(H,31,32,33);/q;+1/p-1. The van der Waals surface area contributed by atoms with Crippen LogP contribution in [0.4, 0.5) is 0 Å². The third-order valence-electron chi connectivity index (χ3n) is 7.07. The number of hydrogen-bond donors (Lipinski definition) is 0. The Hall–Kier alpha value is -0.390. The van der Waals surface area contributed by atoms with Crippen LogP contribution in [0.1, 0.15) is 128 Å². The number of aryl methyl sites for hydroxylation is 2. The van der Waals surface area contributed by atoms with Crippen molar-refractivity contribution in [3.8, 4) is 0 Å². The average molecular weight is 511 g/mol. The van der Waals surface area contributed by atoms with Crippen molar-refractivity contribution in [2.45, 2.75) is 134 Å². The molecule has 0 heterocycles. The summed E-state index contributed by atoms with van der Waals surface area (Å²) in [5.74, 6) is 0. The molecule has 0 N–H and O–H groups in total. The summed E-state index contributed by atoms with van der Waals surface area (Å²) >= 11 is 0. The zero-order valence-electron chi connectivity index (χ0n) is 22.7. The van der Waals surface area contributed by atoms with Gasteiger partial charge in [-0.2, -0.15) is 0 Å². The van der Waals surface area contributed by atoms with Gasteiger partial charge in [-0.05, 0) is 59.7 Å². The predicted octanol–water partition coefficient (Wildman–Crippen LogP) is 6.11. The minimum atomic E-state index is -4.45. The molecule has 0 aliphatic heterocycles. The Morgan fingerprint density at radius 1 is 0.629 bits per heavy atom. The summed E-state index contributed by atoms with van der Waals surface area (Å²) < 4.78 is 35.0. The van der Waals surface area contributed by atoms with Gasteiger partial charge >= 0.3 is 29.6 Å². The number of fused-ring (bicyclic) bond motifs is 1. The van der Waals surface area contributed by atoms with E-state index in [4.69, 9.17) is 0 Å². The number of benzene rings is 2. The molecule has 2 aromatic carbocycles. The molecule has 2 aromatic rings. The van der Waals surface area contributed by atoms with Crippen LogP contribution in [-0.4, -0.2) is 13.0 Å². The van der Waals surface area contributed by atoms with E-state index in [0.717, 1.165) is 30.0 Å². The smallest absolute Gasteiger partial charge is 0.744 e. The van der Waals surface area contributed by atoms with E-state index in [-0.39, 0.29) is 34.5 Å². The topological polar surface area (TPSA) is 57.2 Å². The summed E-state index contributed by atoms with van der Waals surface area (Å²) in [6.07, 6.45) is 22.6. The van der Waals surface area contributed by atoms with E-state index in [2.05, 4.69) is 26.0 Å². The Bertz CT molecular complexity index is 940. The molecule has 3 nitrogen and oxygen atoms in total. The summed E-state index contributed by atoms with van der Waals surface area (Å²) in [6, 6.07) is 9.18. The van der Waals surface area contributed by atoms with E-state index in [1.54, 1.807) is 12.1 Å². The first-order valence-corrected chi connectivity index (χ1v) is 15.4. The Labute approximate surface area is 237 Å². The largest absolute Gasteiger partial charge is 1.00 e. The third kappa shape index (κ3) is 12.6. The first-order valence-electron chi connectivity index (χ1n) is 14.0. The van der Waals surface area contributed by atoms with Crippen molar-refractivity contribution in [2.24, 2.45) is 0 Å². The normalized spacial score (nSPS) is 11.6. The van der Waals surface area contributed by atoms with E-state index in [0.29, 0.717) is 0 Å². The van der Waals surface area contributed by atoms with Crippen LogP contribution in [0.3, 0.4) is 0 Å². The van der Waals surface area contributed by atoms with Gasteiger partial charge in [0.2, 0.25) is 0 Å². The molecule has 0 aliphatic carbocycles. The summed E-state index contributed by atoms with van der Waals surface area (Å²) in [6.45, 7) is 4.50. The quantitative estimate of drug-likeness (QED) is 0.130. The molecule has 0 saturated carbocycles. The first-order chi connectivity index (χ1) is 16.5. The Balaban J connectivity index is 0.00000612. The molecule has 2 rings (SSSR count). The monoisotopic (exact) mass is 510 g/mol. The molecule has 0 aliphatic rings. The summed E-state index contributed by atoms with van der Waals surface area (Å²) in [5, 5.41) is 1.98. The van der Waals surface area contributed by atoms with Crippen molar-refractivity contribution in [3.05, 3.63) is 41.5 Å². The molecule has 35 heavy (non-hydrogen) atoms. The molecule has 0 unspecified atom stereocenters. The zero-order chi connectivity index (χ0) is 24.7. The fourth-order valence-corrected chi connectivity index (χ4v) is 5.47. The average Bonchev–Trinajstić information content (AvgIpc) is 2.82. The minimum Gasteiger partial charge on any atom is -0.744 e. The summed E-state index contributed by atoms with van der Waals surface area (Å²) in [4.78, 5) is -0.110. The summed E-state index contributed by atoms with van der Waals surface area (Å²) in [5.41, 5.74) is 2.60. The second-order valence-electron chi connectivity index (χ2n) is 9.99. The maximum Gasteiger partial charge on any atom is 1.00 e. The minimum absolute atomic E-state index is 0. The molecule has 5 heteroatoms. The van der Waals surface area contributed by atoms with Crippen molar-refractivity contribution in [1.82, 2.24) is 0 Å². The van der Waals surface area contributed by atoms with Crippen LogP contribution in [0, 0.1) is 0 Å². The number of unbranched alkanes of at least 4 members (excludes halogenated alkanes) is 14. The van der Waals surface area contributed by atoms with Gasteiger partial charge in [0.05, 0.1) is 4.90 Å². The molecule has 0 amide bonds.